The third kappa shape index (κ3) is 3.48. The molecule has 0 saturated carbocycles. The van der Waals surface area contributed by atoms with Crippen molar-refractivity contribution >= 4 is 21.6 Å². The number of anilines is 1. The quantitative estimate of drug-likeness (QED) is 0.900. The lowest BCUT2D eigenvalue weighted by Gasteiger charge is -2.40. The van der Waals surface area contributed by atoms with Crippen molar-refractivity contribution in [3.63, 3.8) is 0 Å². The van der Waals surface area contributed by atoms with E-state index in [2.05, 4.69) is 40.0 Å². The van der Waals surface area contributed by atoms with Gasteiger partial charge in [-0.25, -0.2) is 4.39 Å². The number of hydrogen-bond acceptors (Lipinski definition) is 2. The van der Waals surface area contributed by atoms with E-state index in [0.717, 1.165) is 36.8 Å². The predicted molar refractivity (Wildman–Crippen MR) is 82.2 cm³/mol. The third-order valence-electron chi connectivity index (χ3n) is 3.78. The van der Waals surface area contributed by atoms with Gasteiger partial charge in [0.1, 0.15) is 5.82 Å². The van der Waals surface area contributed by atoms with Gasteiger partial charge in [0.2, 0.25) is 0 Å². The highest BCUT2D eigenvalue weighted by atomic mass is 79.9. The summed E-state index contributed by atoms with van der Waals surface area (Å²) in [6.45, 7) is 6.34. The molecule has 0 amide bonds. The first-order valence-corrected chi connectivity index (χ1v) is 7.86. The number of halogens is 2. The Balaban J connectivity index is 2.07. The highest BCUT2D eigenvalue weighted by Gasteiger charge is 2.27. The van der Waals surface area contributed by atoms with Gasteiger partial charge in [-0.3, -0.25) is 0 Å². The number of nitrogens with one attached hydrogen (secondary N) is 1. The Kier molecular flexibility index (Phi) is 5.22. The fourth-order valence-corrected chi connectivity index (χ4v) is 3.37. The normalized spacial score (nSPS) is 23.7. The third-order valence-corrected chi connectivity index (χ3v) is 4.42. The molecule has 1 heterocycles. The average Bonchev–Trinajstić information content (AvgIpc) is 2.38. The molecule has 2 nitrogen and oxygen atoms in total. The molecule has 1 saturated heterocycles. The molecule has 2 unspecified atom stereocenters. The van der Waals surface area contributed by atoms with Gasteiger partial charge in [0.05, 0.1) is 5.69 Å². The average molecular weight is 329 g/mol. The van der Waals surface area contributed by atoms with E-state index < -0.39 is 0 Å². The van der Waals surface area contributed by atoms with Crippen molar-refractivity contribution < 1.29 is 4.39 Å². The minimum atomic E-state index is -0.138. The van der Waals surface area contributed by atoms with E-state index in [1.165, 1.54) is 6.07 Å². The Labute approximate surface area is 123 Å². The summed E-state index contributed by atoms with van der Waals surface area (Å²) in [6, 6.07) is 6.11. The number of rotatable bonds is 4. The van der Waals surface area contributed by atoms with Crippen LogP contribution < -0.4 is 10.2 Å². The van der Waals surface area contributed by atoms with Crippen molar-refractivity contribution in [2.45, 2.75) is 45.2 Å². The maximum Gasteiger partial charge on any atom is 0.147 e. The monoisotopic (exact) mass is 328 g/mol. The first kappa shape index (κ1) is 14.8. The van der Waals surface area contributed by atoms with Crippen LogP contribution in [0.1, 0.15) is 33.1 Å². The number of para-hydroxylation sites is 1. The fourth-order valence-electron chi connectivity index (χ4n) is 2.80. The molecule has 1 aliphatic heterocycles. The van der Waals surface area contributed by atoms with Crippen molar-refractivity contribution in [1.82, 2.24) is 5.32 Å². The van der Waals surface area contributed by atoms with Gasteiger partial charge >= 0.3 is 0 Å². The standard InChI is InChI=1S/C15H22BrFN2/c1-3-8-18-12-7-9-19(11(2)10-12)15-13(16)5-4-6-14(15)17/h4-6,11-12,18H,3,7-10H2,1-2H3. The molecule has 4 heteroatoms. The molecule has 1 aromatic rings. The number of piperidine rings is 1. The second kappa shape index (κ2) is 6.71. The molecule has 2 atom stereocenters. The Morgan fingerprint density at radius 3 is 2.89 bits per heavy atom. The number of hydrogen-bond donors (Lipinski definition) is 1. The summed E-state index contributed by atoms with van der Waals surface area (Å²) in [5, 5.41) is 3.57. The zero-order valence-corrected chi connectivity index (χ0v) is 13.2. The fraction of sp³-hybridized carbons (Fsp3) is 0.600. The van der Waals surface area contributed by atoms with Gasteiger partial charge in [-0.15, -0.1) is 0 Å². The van der Waals surface area contributed by atoms with E-state index in [9.17, 15) is 4.39 Å². The van der Waals surface area contributed by atoms with Gasteiger partial charge in [-0.05, 0) is 60.8 Å². The summed E-state index contributed by atoms with van der Waals surface area (Å²) >= 11 is 3.47. The summed E-state index contributed by atoms with van der Waals surface area (Å²) in [6.07, 6.45) is 3.30. The van der Waals surface area contributed by atoms with E-state index in [0.29, 0.717) is 17.8 Å². The summed E-state index contributed by atoms with van der Waals surface area (Å²) in [5.41, 5.74) is 0.712. The van der Waals surface area contributed by atoms with E-state index in [-0.39, 0.29) is 5.82 Å². The van der Waals surface area contributed by atoms with Crippen LogP contribution in [0.3, 0.4) is 0 Å². The van der Waals surface area contributed by atoms with E-state index in [4.69, 9.17) is 0 Å². The second-order valence-electron chi connectivity index (χ2n) is 5.29. The molecule has 1 fully saturated rings. The van der Waals surface area contributed by atoms with Gasteiger partial charge in [-0.1, -0.05) is 13.0 Å². The molecule has 1 aromatic carbocycles. The molecular weight excluding hydrogens is 307 g/mol. The van der Waals surface area contributed by atoms with Crippen LogP contribution >= 0.6 is 15.9 Å². The smallest absolute Gasteiger partial charge is 0.147 e. The van der Waals surface area contributed by atoms with Crippen LogP contribution in [-0.2, 0) is 0 Å². The van der Waals surface area contributed by atoms with Gasteiger partial charge in [0.25, 0.3) is 0 Å². The van der Waals surface area contributed by atoms with Crippen LogP contribution in [0, 0.1) is 5.82 Å². The van der Waals surface area contributed by atoms with Crippen LogP contribution in [0.15, 0.2) is 22.7 Å². The van der Waals surface area contributed by atoms with Crippen LogP contribution in [-0.4, -0.2) is 25.2 Å². The van der Waals surface area contributed by atoms with Crippen LogP contribution in [0.25, 0.3) is 0 Å². The molecule has 0 aliphatic carbocycles. The molecule has 1 N–H and O–H groups in total. The van der Waals surface area contributed by atoms with Crippen molar-refractivity contribution in [3.05, 3.63) is 28.5 Å². The van der Waals surface area contributed by atoms with Gasteiger partial charge < -0.3 is 10.2 Å². The first-order valence-electron chi connectivity index (χ1n) is 7.07. The molecule has 0 spiro atoms. The Morgan fingerprint density at radius 2 is 2.26 bits per heavy atom. The highest BCUT2D eigenvalue weighted by molar-refractivity contribution is 9.10. The summed E-state index contributed by atoms with van der Waals surface area (Å²) in [5.74, 6) is -0.138. The van der Waals surface area contributed by atoms with Crippen LogP contribution in [0.4, 0.5) is 10.1 Å². The minimum absolute atomic E-state index is 0.138. The maximum atomic E-state index is 14.0. The summed E-state index contributed by atoms with van der Waals surface area (Å²) in [7, 11) is 0. The molecule has 106 valence electrons. The molecule has 0 bridgehead atoms. The van der Waals surface area contributed by atoms with E-state index in [1.807, 2.05) is 6.07 Å². The van der Waals surface area contributed by atoms with Crippen molar-refractivity contribution in [3.8, 4) is 0 Å². The maximum absolute atomic E-state index is 14.0. The van der Waals surface area contributed by atoms with Crippen LogP contribution in [0.2, 0.25) is 0 Å². The lowest BCUT2D eigenvalue weighted by molar-refractivity contribution is 0.366. The van der Waals surface area contributed by atoms with E-state index >= 15 is 0 Å². The molecular formula is C15H22BrFN2. The number of benzene rings is 1. The molecule has 0 radical (unpaired) electrons. The summed E-state index contributed by atoms with van der Waals surface area (Å²) < 4.78 is 14.9. The minimum Gasteiger partial charge on any atom is -0.365 e. The lowest BCUT2D eigenvalue weighted by Crippen LogP contribution is -2.48. The highest BCUT2D eigenvalue weighted by Crippen LogP contribution is 2.33. The number of nitrogens with zero attached hydrogens (tertiary/aromatic N) is 1. The van der Waals surface area contributed by atoms with Crippen molar-refractivity contribution in [2.75, 3.05) is 18.0 Å². The van der Waals surface area contributed by atoms with Gasteiger partial charge in [0, 0.05) is 23.1 Å². The Bertz CT molecular complexity index is 404. The van der Waals surface area contributed by atoms with Crippen molar-refractivity contribution in [2.24, 2.45) is 0 Å². The predicted octanol–water partition coefficient (Wildman–Crippen LogP) is 3.95. The summed E-state index contributed by atoms with van der Waals surface area (Å²) in [4.78, 5) is 2.18. The topological polar surface area (TPSA) is 15.3 Å². The Hall–Kier alpha value is -0.610. The zero-order valence-electron chi connectivity index (χ0n) is 11.6. The Morgan fingerprint density at radius 1 is 1.47 bits per heavy atom. The largest absolute Gasteiger partial charge is 0.365 e. The van der Waals surface area contributed by atoms with Crippen molar-refractivity contribution in [1.29, 1.82) is 0 Å². The SMILES string of the molecule is CCCNC1CCN(c2c(F)cccc2Br)C(C)C1. The molecule has 0 aromatic heterocycles. The zero-order chi connectivity index (χ0) is 13.8. The molecule has 19 heavy (non-hydrogen) atoms. The van der Waals surface area contributed by atoms with E-state index in [1.54, 1.807) is 6.07 Å². The molecule has 2 rings (SSSR count). The lowest BCUT2D eigenvalue weighted by atomic mass is 9.97. The van der Waals surface area contributed by atoms with Crippen LogP contribution in [0.5, 0.6) is 0 Å². The first-order chi connectivity index (χ1) is 9.13. The second-order valence-corrected chi connectivity index (χ2v) is 6.14. The van der Waals surface area contributed by atoms with Gasteiger partial charge in [0.15, 0.2) is 0 Å². The molecule has 1 aliphatic rings. The van der Waals surface area contributed by atoms with Gasteiger partial charge in [-0.2, -0.15) is 0 Å².